The molecular formula is C20H17ClN4OS. The number of nitrogens with one attached hydrogen (secondary N) is 1. The minimum absolute atomic E-state index is 0.0790. The van der Waals surface area contributed by atoms with Gasteiger partial charge in [0.05, 0.1) is 22.6 Å². The maximum atomic E-state index is 12.8. The molecule has 1 atom stereocenters. The Balaban J connectivity index is 1.54. The number of imidazole rings is 1. The number of hydrogen-bond donors (Lipinski definition) is 1. The van der Waals surface area contributed by atoms with E-state index in [0.29, 0.717) is 16.6 Å². The molecule has 2 aromatic carbocycles. The normalized spacial score (nSPS) is 12.2. The van der Waals surface area contributed by atoms with Crippen LogP contribution < -0.4 is 5.32 Å². The van der Waals surface area contributed by atoms with E-state index in [0.717, 1.165) is 16.6 Å². The van der Waals surface area contributed by atoms with Crippen molar-refractivity contribution in [3.8, 4) is 0 Å². The molecule has 4 aromatic rings. The van der Waals surface area contributed by atoms with Gasteiger partial charge in [0.25, 0.3) is 5.91 Å². The molecular weight excluding hydrogens is 380 g/mol. The summed E-state index contributed by atoms with van der Waals surface area (Å²) in [5, 5.41) is 4.20. The molecule has 136 valence electrons. The van der Waals surface area contributed by atoms with E-state index in [1.54, 1.807) is 18.6 Å². The maximum Gasteiger partial charge on any atom is 0.280 e. The molecule has 2 aromatic heterocycles. The fourth-order valence-electron chi connectivity index (χ4n) is 2.95. The molecule has 0 radical (unpaired) electrons. The molecule has 1 amide bonds. The highest BCUT2D eigenvalue weighted by Crippen LogP contribution is 2.25. The van der Waals surface area contributed by atoms with Gasteiger partial charge in [-0.3, -0.25) is 4.79 Å². The standard InChI is InChI=1S/C20H17ClN4OS/c21-15-6-7-17-18(11-15)27-20(24-17)19(26)23-16(12-25-9-8-22-13-25)10-14-4-2-1-3-5-14/h1-9,11,13,16H,10,12H2,(H,23,26). The third-order valence-electron chi connectivity index (χ3n) is 4.20. The molecule has 0 bridgehead atoms. The number of nitrogens with zero attached hydrogens (tertiary/aromatic N) is 3. The van der Waals surface area contributed by atoms with Crippen molar-refractivity contribution in [3.63, 3.8) is 0 Å². The second-order valence-electron chi connectivity index (χ2n) is 6.25. The van der Waals surface area contributed by atoms with E-state index in [9.17, 15) is 4.79 Å². The van der Waals surface area contributed by atoms with Crippen molar-refractivity contribution in [3.05, 3.63) is 82.8 Å². The largest absolute Gasteiger partial charge is 0.345 e. The van der Waals surface area contributed by atoms with E-state index in [1.807, 2.05) is 41.1 Å². The summed E-state index contributed by atoms with van der Waals surface area (Å²) in [4.78, 5) is 21.3. The molecule has 27 heavy (non-hydrogen) atoms. The summed E-state index contributed by atoms with van der Waals surface area (Å²) < 4.78 is 2.87. The first kappa shape index (κ1) is 17.7. The Hall–Kier alpha value is -2.70. The molecule has 0 aliphatic rings. The number of fused-ring (bicyclic) bond motifs is 1. The Morgan fingerprint density at radius 1 is 1.22 bits per heavy atom. The number of carbonyl (C=O) groups excluding carboxylic acids is 1. The zero-order valence-electron chi connectivity index (χ0n) is 14.4. The zero-order valence-corrected chi connectivity index (χ0v) is 16.0. The van der Waals surface area contributed by atoms with Crippen molar-refractivity contribution in [2.75, 3.05) is 0 Å². The van der Waals surface area contributed by atoms with Crippen molar-refractivity contribution in [2.24, 2.45) is 0 Å². The maximum absolute atomic E-state index is 12.8. The van der Waals surface area contributed by atoms with Crippen LogP contribution in [0.15, 0.2) is 67.3 Å². The highest BCUT2D eigenvalue weighted by molar-refractivity contribution is 7.20. The van der Waals surface area contributed by atoms with Gasteiger partial charge >= 0.3 is 0 Å². The lowest BCUT2D eigenvalue weighted by molar-refractivity contribution is 0.0932. The van der Waals surface area contributed by atoms with E-state index in [4.69, 9.17) is 11.6 Å². The van der Waals surface area contributed by atoms with Crippen LogP contribution in [0.2, 0.25) is 5.02 Å². The molecule has 0 saturated heterocycles. The molecule has 5 nitrogen and oxygen atoms in total. The van der Waals surface area contributed by atoms with Crippen LogP contribution in [-0.2, 0) is 13.0 Å². The van der Waals surface area contributed by atoms with Gasteiger partial charge in [0, 0.05) is 24.0 Å². The van der Waals surface area contributed by atoms with Crippen molar-refractivity contribution >= 4 is 39.1 Å². The van der Waals surface area contributed by atoms with Gasteiger partial charge in [-0.05, 0) is 30.2 Å². The third kappa shape index (κ3) is 4.35. The molecule has 0 spiro atoms. The van der Waals surface area contributed by atoms with Gasteiger partial charge in [-0.1, -0.05) is 41.9 Å². The number of hydrogen-bond acceptors (Lipinski definition) is 4. The summed E-state index contributed by atoms with van der Waals surface area (Å²) in [6, 6.07) is 15.5. The van der Waals surface area contributed by atoms with Gasteiger partial charge < -0.3 is 9.88 Å². The first-order chi connectivity index (χ1) is 13.2. The molecule has 4 rings (SSSR count). The fraction of sp³-hybridized carbons (Fsp3) is 0.150. The molecule has 0 aliphatic heterocycles. The van der Waals surface area contributed by atoms with E-state index in [-0.39, 0.29) is 11.9 Å². The van der Waals surface area contributed by atoms with Crippen molar-refractivity contribution in [2.45, 2.75) is 19.0 Å². The average Bonchev–Trinajstić information content (AvgIpc) is 3.31. The van der Waals surface area contributed by atoms with Crippen LogP contribution in [0, 0.1) is 0 Å². The number of thiazole rings is 1. The van der Waals surface area contributed by atoms with Crippen LogP contribution in [0.4, 0.5) is 0 Å². The SMILES string of the molecule is O=C(NC(Cc1ccccc1)Cn1ccnc1)c1nc2ccc(Cl)cc2s1. The molecule has 0 aliphatic carbocycles. The average molecular weight is 397 g/mol. The van der Waals surface area contributed by atoms with Crippen molar-refractivity contribution < 1.29 is 4.79 Å². The first-order valence-corrected chi connectivity index (χ1v) is 9.73. The van der Waals surface area contributed by atoms with Crippen molar-refractivity contribution in [1.29, 1.82) is 0 Å². The van der Waals surface area contributed by atoms with Gasteiger partial charge in [-0.15, -0.1) is 11.3 Å². The molecule has 0 fully saturated rings. The lowest BCUT2D eigenvalue weighted by atomic mass is 10.1. The number of halogens is 1. The number of benzene rings is 2. The van der Waals surface area contributed by atoms with E-state index in [2.05, 4.69) is 27.4 Å². The van der Waals surface area contributed by atoms with Gasteiger partial charge in [0.2, 0.25) is 0 Å². The number of aromatic nitrogens is 3. The van der Waals surface area contributed by atoms with E-state index >= 15 is 0 Å². The van der Waals surface area contributed by atoms with Crippen LogP contribution in [0.25, 0.3) is 10.2 Å². The third-order valence-corrected chi connectivity index (χ3v) is 5.45. The van der Waals surface area contributed by atoms with Crippen LogP contribution in [0.1, 0.15) is 15.4 Å². The first-order valence-electron chi connectivity index (χ1n) is 8.54. The fourth-order valence-corrected chi connectivity index (χ4v) is 4.10. The second-order valence-corrected chi connectivity index (χ2v) is 7.72. The van der Waals surface area contributed by atoms with Gasteiger partial charge in [-0.25, -0.2) is 9.97 Å². The minimum Gasteiger partial charge on any atom is -0.345 e. The summed E-state index contributed by atoms with van der Waals surface area (Å²) in [5.41, 5.74) is 1.95. The van der Waals surface area contributed by atoms with E-state index < -0.39 is 0 Å². The van der Waals surface area contributed by atoms with Crippen LogP contribution >= 0.6 is 22.9 Å². The summed E-state index contributed by atoms with van der Waals surface area (Å²) in [5.74, 6) is -0.173. The minimum atomic E-state index is -0.173. The predicted molar refractivity (Wildman–Crippen MR) is 108 cm³/mol. The summed E-state index contributed by atoms with van der Waals surface area (Å²) >= 11 is 7.38. The Morgan fingerprint density at radius 2 is 2.07 bits per heavy atom. The monoisotopic (exact) mass is 396 g/mol. The van der Waals surface area contributed by atoms with E-state index in [1.165, 1.54) is 16.9 Å². The number of rotatable bonds is 6. The predicted octanol–water partition coefficient (Wildman–Crippen LogP) is 4.19. The Labute approximate surface area is 165 Å². The molecule has 2 heterocycles. The lowest BCUT2D eigenvalue weighted by Gasteiger charge is -2.19. The van der Waals surface area contributed by atoms with Crippen molar-refractivity contribution in [1.82, 2.24) is 19.9 Å². The topological polar surface area (TPSA) is 59.8 Å². The second kappa shape index (κ2) is 7.90. The van der Waals surface area contributed by atoms with Crippen LogP contribution in [0.5, 0.6) is 0 Å². The Kier molecular flexibility index (Phi) is 5.18. The summed E-state index contributed by atoms with van der Waals surface area (Å²) in [7, 11) is 0. The summed E-state index contributed by atoms with van der Waals surface area (Å²) in [6.45, 7) is 0.636. The number of carbonyl (C=O) groups is 1. The lowest BCUT2D eigenvalue weighted by Crippen LogP contribution is -2.39. The molecule has 1 N–H and O–H groups in total. The van der Waals surface area contributed by atoms with Gasteiger partial charge in [0.1, 0.15) is 0 Å². The van der Waals surface area contributed by atoms with Gasteiger partial charge in [-0.2, -0.15) is 0 Å². The number of amides is 1. The zero-order chi connectivity index (χ0) is 18.6. The molecule has 7 heteroatoms. The summed E-state index contributed by atoms with van der Waals surface area (Å²) in [6.07, 6.45) is 6.11. The Morgan fingerprint density at radius 3 is 2.85 bits per heavy atom. The van der Waals surface area contributed by atoms with Crippen LogP contribution in [0.3, 0.4) is 0 Å². The van der Waals surface area contributed by atoms with Gasteiger partial charge in [0.15, 0.2) is 5.01 Å². The molecule has 1 unspecified atom stereocenters. The Bertz CT molecular complexity index is 1050. The van der Waals surface area contributed by atoms with Crippen LogP contribution in [-0.4, -0.2) is 26.5 Å². The smallest absolute Gasteiger partial charge is 0.280 e. The molecule has 0 saturated carbocycles. The highest BCUT2D eigenvalue weighted by atomic mass is 35.5. The quantitative estimate of drug-likeness (QED) is 0.531. The highest BCUT2D eigenvalue weighted by Gasteiger charge is 2.18.